The van der Waals surface area contributed by atoms with Crippen molar-refractivity contribution in [1.82, 2.24) is 0 Å². The van der Waals surface area contributed by atoms with E-state index in [1.165, 1.54) is 31.2 Å². The summed E-state index contributed by atoms with van der Waals surface area (Å²) in [6, 6.07) is 9.00. The standard InChI is InChI=1S/C16H23N3/c1-3-11(2)12-4-6-13(7-5-12)18-15(17)19-14-10-16(14)8-9-16/h4-7,11,14H,3,8-10H2,1-2H3,(H3,17,18,19). The smallest absolute Gasteiger partial charge is 0.193 e. The lowest BCUT2D eigenvalue weighted by Crippen LogP contribution is -2.23. The minimum Gasteiger partial charge on any atom is -0.370 e. The molecule has 2 fully saturated rings. The molecule has 0 aliphatic heterocycles. The molecule has 1 spiro atoms. The van der Waals surface area contributed by atoms with E-state index in [0.717, 1.165) is 5.69 Å². The summed E-state index contributed by atoms with van der Waals surface area (Å²) in [5.41, 5.74) is 8.94. The van der Waals surface area contributed by atoms with Crippen molar-refractivity contribution in [2.75, 3.05) is 5.32 Å². The lowest BCUT2D eigenvalue weighted by atomic mass is 9.99. The molecule has 0 heterocycles. The van der Waals surface area contributed by atoms with E-state index in [0.29, 0.717) is 23.3 Å². The molecule has 2 aliphatic rings. The first-order chi connectivity index (χ1) is 9.13. The lowest BCUT2D eigenvalue weighted by molar-refractivity contribution is 0.734. The molecule has 2 aliphatic carbocycles. The van der Waals surface area contributed by atoms with Crippen LogP contribution in [0.15, 0.2) is 29.3 Å². The minimum absolute atomic E-state index is 0.486. The zero-order valence-electron chi connectivity index (χ0n) is 11.8. The van der Waals surface area contributed by atoms with E-state index in [1.54, 1.807) is 0 Å². The molecule has 0 aromatic heterocycles. The maximum atomic E-state index is 5.96. The third-order valence-corrected chi connectivity index (χ3v) is 4.70. The Hall–Kier alpha value is -1.51. The van der Waals surface area contributed by atoms with E-state index < -0.39 is 0 Å². The van der Waals surface area contributed by atoms with E-state index >= 15 is 0 Å². The Morgan fingerprint density at radius 3 is 2.63 bits per heavy atom. The summed E-state index contributed by atoms with van der Waals surface area (Å²) in [4.78, 5) is 4.56. The highest BCUT2D eigenvalue weighted by Gasteiger charge is 2.63. The summed E-state index contributed by atoms with van der Waals surface area (Å²) in [7, 11) is 0. The van der Waals surface area contributed by atoms with Crippen molar-refractivity contribution in [3.05, 3.63) is 29.8 Å². The van der Waals surface area contributed by atoms with Gasteiger partial charge in [0.25, 0.3) is 0 Å². The van der Waals surface area contributed by atoms with Crippen LogP contribution in [-0.4, -0.2) is 12.0 Å². The molecule has 1 aromatic carbocycles. The van der Waals surface area contributed by atoms with Crippen molar-refractivity contribution in [2.45, 2.75) is 51.5 Å². The number of hydrogen-bond acceptors (Lipinski definition) is 1. The van der Waals surface area contributed by atoms with Crippen LogP contribution in [0.25, 0.3) is 0 Å². The van der Waals surface area contributed by atoms with Crippen molar-refractivity contribution in [3.8, 4) is 0 Å². The number of rotatable bonds is 4. The summed E-state index contributed by atoms with van der Waals surface area (Å²) in [6.07, 6.45) is 5.10. The van der Waals surface area contributed by atoms with Gasteiger partial charge in [0, 0.05) is 5.69 Å². The summed E-state index contributed by atoms with van der Waals surface area (Å²) < 4.78 is 0. The molecule has 3 rings (SSSR count). The molecule has 0 radical (unpaired) electrons. The predicted molar refractivity (Wildman–Crippen MR) is 80.5 cm³/mol. The summed E-state index contributed by atoms with van der Waals surface area (Å²) in [6.45, 7) is 4.46. The maximum Gasteiger partial charge on any atom is 0.193 e. The van der Waals surface area contributed by atoms with Crippen molar-refractivity contribution in [1.29, 1.82) is 0 Å². The van der Waals surface area contributed by atoms with Gasteiger partial charge in [-0.05, 0) is 54.7 Å². The molecular weight excluding hydrogens is 234 g/mol. The number of guanidine groups is 1. The number of aliphatic imine (C=N–C) groups is 1. The van der Waals surface area contributed by atoms with Gasteiger partial charge >= 0.3 is 0 Å². The van der Waals surface area contributed by atoms with Gasteiger partial charge in [0.05, 0.1) is 6.04 Å². The van der Waals surface area contributed by atoms with E-state index in [1.807, 2.05) is 0 Å². The van der Waals surface area contributed by atoms with E-state index in [2.05, 4.69) is 48.4 Å². The van der Waals surface area contributed by atoms with E-state index in [-0.39, 0.29) is 0 Å². The lowest BCUT2D eigenvalue weighted by Gasteiger charge is -2.10. The molecular formula is C16H23N3. The van der Waals surface area contributed by atoms with Crippen LogP contribution in [0.2, 0.25) is 0 Å². The quantitative estimate of drug-likeness (QED) is 0.641. The molecule has 2 unspecified atom stereocenters. The van der Waals surface area contributed by atoms with Gasteiger partial charge in [-0.25, -0.2) is 4.99 Å². The Morgan fingerprint density at radius 2 is 2.11 bits per heavy atom. The molecule has 2 atom stereocenters. The second kappa shape index (κ2) is 4.55. The second-order valence-electron chi connectivity index (χ2n) is 6.15. The molecule has 0 saturated heterocycles. The van der Waals surface area contributed by atoms with Crippen LogP contribution in [0.4, 0.5) is 5.69 Å². The molecule has 0 bridgehead atoms. The van der Waals surface area contributed by atoms with Crippen LogP contribution in [0.1, 0.15) is 51.0 Å². The fraction of sp³-hybridized carbons (Fsp3) is 0.562. The first kappa shape index (κ1) is 12.5. The summed E-state index contributed by atoms with van der Waals surface area (Å²) in [5.74, 6) is 1.17. The number of nitrogens with two attached hydrogens (primary N) is 1. The Labute approximate surface area is 115 Å². The molecule has 1 aromatic rings. The third-order valence-electron chi connectivity index (χ3n) is 4.70. The Balaban J connectivity index is 1.60. The van der Waals surface area contributed by atoms with Gasteiger partial charge in [0.2, 0.25) is 0 Å². The van der Waals surface area contributed by atoms with Crippen molar-refractivity contribution in [2.24, 2.45) is 16.1 Å². The molecule has 3 heteroatoms. The van der Waals surface area contributed by atoms with Crippen LogP contribution < -0.4 is 11.1 Å². The monoisotopic (exact) mass is 257 g/mol. The summed E-state index contributed by atoms with van der Waals surface area (Å²) >= 11 is 0. The highest BCUT2D eigenvalue weighted by atomic mass is 15.1. The zero-order chi connectivity index (χ0) is 13.5. The number of anilines is 1. The molecule has 0 amide bonds. The van der Waals surface area contributed by atoms with Gasteiger partial charge in [-0.3, -0.25) is 0 Å². The maximum absolute atomic E-state index is 5.96. The highest BCUT2D eigenvalue weighted by Crippen LogP contribution is 2.67. The number of nitrogens with one attached hydrogen (secondary N) is 1. The average molecular weight is 257 g/mol. The average Bonchev–Trinajstić information content (AvgIpc) is 3.31. The normalized spacial score (nSPS) is 25.2. The number of hydrogen-bond donors (Lipinski definition) is 2. The van der Waals surface area contributed by atoms with Crippen molar-refractivity contribution in [3.63, 3.8) is 0 Å². The van der Waals surface area contributed by atoms with Crippen molar-refractivity contribution >= 4 is 11.6 Å². The molecule has 19 heavy (non-hydrogen) atoms. The first-order valence-electron chi connectivity index (χ1n) is 7.33. The SMILES string of the molecule is CCC(C)c1ccc(NC(N)=NC2CC23CC3)cc1. The Kier molecular flexibility index (Phi) is 3.00. The zero-order valence-corrected chi connectivity index (χ0v) is 11.8. The van der Waals surface area contributed by atoms with Gasteiger partial charge < -0.3 is 11.1 Å². The Morgan fingerprint density at radius 1 is 1.42 bits per heavy atom. The fourth-order valence-corrected chi connectivity index (χ4v) is 2.69. The Bertz CT molecular complexity index is 485. The van der Waals surface area contributed by atoms with Crippen LogP contribution >= 0.6 is 0 Å². The summed E-state index contributed by atoms with van der Waals surface area (Å²) in [5, 5.41) is 3.19. The molecule has 2 saturated carbocycles. The largest absolute Gasteiger partial charge is 0.370 e. The van der Waals surface area contributed by atoms with Crippen LogP contribution in [0.3, 0.4) is 0 Å². The molecule has 3 nitrogen and oxygen atoms in total. The van der Waals surface area contributed by atoms with Crippen LogP contribution in [0.5, 0.6) is 0 Å². The van der Waals surface area contributed by atoms with Gasteiger partial charge in [-0.15, -0.1) is 0 Å². The number of benzene rings is 1. The second-order valence-corrected chi connectivity index (χ2v) is 6.15. The number of nitrogens with zero attached hydrogens (tertiary/aromatic N) is 1. The van der Waals surface area contributed by atoms with Crippen LogP contribution in [0, 0.1) is 5.41 Å². The van der Waals surface area contributed by atoms with E-state index in [4.69, 9.17) is 5.73 Å². The minimum atomic E-state index is 0.486. The predicted octanol–water partition coefficient (Wildman–Crippen LogP) is 3.48. The van der Waals surface area contributed by atoms with Gasteiger partial charge in [-0.2, -0.15) is 0 Å². The van der Waals surface area contributed by atoms with Crippen molar-refractivity contribution < 1.29 is 0 Å². The molecule has 3 N–H and O–H groups in total. The van der Waals surface area contributed by atoms with E-state index in [9.17, 15) is 0 Å². The fourth-order valence-electron chi connectivity index (χ4n) is 2.69. The first-order valence-corrected chi connectivity index (χ1v) is 7.33. The van der Waals surface area contributed by atoms with Gasteiger partial charge in [0.1, 0.15) is 0 Å². The van der Waals surface area contributed by atoms with Crippen LogP contribution in [-0.2, 0) is 0 Å². The molecule has 102 valence electrons. The third kappa shape index (κ3) is 2.60. The topological polar surface area (TPSA) is 50.4 Å². The van der Waals surface area contributed by atoms with Gasteiger partial charge in [0.15, 0.2) is 5.96 Å². The highest BCUT2D eigenvalue weighted by molar-refractivity contribution is 5.92. The van der Waals surface area contributed by atoms with Gasteiger partial charge in [-0.1, -0.05) is 26.0 Å².